The highest BCUT2D eigenvalue weighted by Crippen LogP contribution is 2.49. The van der Waals surface area contributed by atoms with Gasteiger partial charge in [0, 0.05) is 26.2 Å². The fourth-order valence-corrected chi connectivity index (χ4v) is 3.91. The minimum absolute atomic E-state index is 0. The van der Waals surface area contributed by atoms with Crippen molar-refractivity contribution in [2.75, 3.05) is 43.4 Å². The van der Waals surface area contributed by atoms with Crippen LogP contribution in [0.4, 0.5) is 24.5 Å². The van der Waals surface area contributed by atoms with E-state index < -0.39 is 17.2 Å². The van der Waals surface area contributed by atoms with Crippen LogP contribution >= 0.6 is 17.0 Å². The SMILES string of the molecule is Br.CN1CCN(c2ccc(C(F)(F)F)cc2NC(=O)C2(c3ccccc3)CC2)CC1. The molecule has 4 nitrogen and oxygen atoms in total. The van der Waals surface area contributed by atoms with E-state index in [9.17, 15) is 18.0 Å². The van der Waals surface area contributed by atoms with Crippen LogP contribution in [0.3, 0.4) is 0 Å². The summed E-state index contributed by atoms with van der Waals surface area (Å²) in [5, 5.41) is 2.84. The average Bonchev–Trinajstić information content (AvgIpc) is 3.51. The molecule has 1 aliphatic carbocycles. The molecule has 1 heterocycles. The van der Waals surface area contributed by atoms with Gasteiger partial charge in [-0.25, -0.2) is 0 Å². The predicted molar refractivity (Wildman–Crippen MR) is 117 cm³/mol. The van der Waals surface area contributed by atoms with Gasteiger partial charge in [-0.3, -0.25) is 4.79 Å². The number of amides is 1. The van der Waals surface area contributed by atoms with Gasteiger partial charge in [-0.05, 0) is 43.7 Å². The molecular formula is C22H25BrF3N3O. The lowest BCUT2D eigenvalue weighted by molar-refractivity contribution is -0.137. The second-order valence-corrected chi connectivity index (χ2v) is 7.92. The highest BCUT2D eigenvalue weighted by atomic mass is 79.9. The van der Waals surface area contributed by atoms with Gasteiger partial charge in [0.15, 0.2) is 0 Å². The van der Waals surface area contributed by atoms with Gasteiger partial charge in [-0.1, -0.05) is 30.3 Å². The highest BCUT2D eigenvalue weighted by molar-refractivity contribution is 8.93. The zero-order valence-corrected chi connectivity index (χ0v) is 18.4. The molecule has 0 bridgehead atoms. The fraction of sp³-hybridized carbons (Fsp3) is 0.409. The van der Waals surface area contributed by atoms with Crippen LogP contribution in [0.15, 0.2) is 48.5 Å². The van der Waals surface area contributed by atoms with E-state index in [2.05, 4.69) is 10.2 Å². The second-order valence-electron chi connectivity index (χ2n) is 7.92. The maximum atomic E-state index is 13.3. The maximum absolute atomic E-state index is 13.3. The third-order valence-electron chi connectivity index (χ3n) is 5.93. The molecule has 0 atom stereocenters. The number of carbonyl (C=O) groups is 1. The summed E-state index contributed by atoms with van der Waals surface area (Å²) in [5.74, 6) is -0.238. The normalized spacial score (nSPS) is 18.5. The molecule has 2 aromatic rings. The van der Waals surface area contributed by atoms with E-state index >= 15 is 0 Å². The number of carbonyl (C=O) groups excluding carboxylic acids is 1. The van der Waals surface area contributed by atoms with Gasteiger partial charge in [-0.15, -0.1) is 17.0 Å². The number of alkyl halides is 3. The Morgan fingerprint density at radius 1 is 1.00 bits per heavy atom. The van der Waals surface area contributed by atoms with Gasteiger partial charge < -0.3 is 15.1 Å². The number of nitrogens with zero attached hydrogens (tertiary/aromatic N) is 2. The molecule has 0 unspecified atom stereocenters. The zero-order chi connectivity index (χ0) is 20.6. The Labute approximate surface area is 184 Å². The summed E-state index contributed by atoms with van der Waals surface area (Å²) in [4.78, 5) is 17.3. The quantitative estimate of drug-likeness (QED) is 0.684. The Kier molecular flexibility index (Phi) is 6.48. The number of anilines is 2. The number of hydrogen-bond donors (Lipinski definition) is 1. The number of rotatable bonds is 4. The van der Waals surface area contributed by atoms with Crippen molar-refractivity contribution in [3.63, 3.8) is 0 Å². The van der Waals surface area contributed by atoms with Gasteiger partial charge in [-0.2, -0.15) is 13.2 Å². The summed E-state index contributed by atoms with van der Waals surface area (Å²) < 4.78 is 39.9. The van der Waals surface area contributed by atoms with E-state index in [4.69, 9.17) is 0 Å². The van der Waals surface area contributed by atoms with E-state index in [0.717, 1.165) is 30.8 Å². The van der Waals surface area contributed by atoms with E-state index in [1.165, 1.54) is 6.07 Å². The Morgan fingerprint density at radius 2 is 1.63 bits per heavy atom. The van der Waals surface area contributed by atoms with Crippen molar-refractivity contribution in [1.82, 2.24) is 4.90 Å². The fourth-order valence-electron chi connectivity index (χ4n) is 3.91. The third kappa shape index (κ3) is 4.49. The van der Waals surface area contributed by atoms with E-state index in [1.54, 1.807) is 0 Å². The molecule has 2 aliphatic rings. The third-order valence-corrected chi connectivity index (χ3v) is 5.93. The molecule has 0 aromatic heterocycles. The molecule has 30 heavy (non-hydrogen) atoms. The topological polar surface area (TPSA) is 35.6 Å². The first-order valence-electron chi connectivity index (χ1n) is 9.81. The second kappa shape index (κ2) is 8.59. The first-order chi connectivity index (χ1) is 13.8. The standard InChI is InChI=1S/C22H24F3N3O.BrH/c1-27-11-13-28(14-12-27)19-8-7-17(22(23,24)25)15-18(19)26-20(29)21(9-10-21)16-5-3-2-4-6-16;/h2-8,15H,9-14H2,1H3,(H,26,29);1H. The van der Waals surface area contributed by atoms with Crippen molar-refractivity contribution in [3.05, 3.63) is 59.7 Å². The summed E-state index contributed by atoms with van der Waals surface area (Å²) in [6, 6.07) is 13.1. The Hall–Kier alpha value is -2.06. The van der Waals surface area contributed by atoms with Crippen LogP contribution in [0.5, 0.6) is 0 Å². The van der Waals surface area contributed by atoms with Crippen LogP contribution in [0, 0.1) is 0 Å². The summed E-state index contributed by atoms with van der Waals surface area (Å²) in [6.45, 7) is 3.05. The maximum Gasteiger partial charge on any atom is 0.416 e. The van der Waals surface area contributed by atoms with Gasteiger partial charge in [0.2, 0.25) is 5.91 Å². The van der Waals surface area contributed by atoms with Gasteiger partial charge >= 0.3 is 6.18 Å². The minimum Gasteiger partial charge on any atom is -0.367 e. The number of piperazine rings is 1. The smallest absolute Gasteiger partial charge is 0.367 e. The minimum atomic E-state index is -4.46. The van der Waals surface area contributed by atoms with Crippen molar-refractivity contribution in [2.24, 2.45) is 0 Å². The van der Waals surface area contributed by atoms with E-state index in [1.807, 2.05) is 42.3 Å². The molecule has 162 valence electrons. The molecule has 2 fully saturated rings. The lowest BCUT2D eigenvalue weighted by Gasteiger charge is -2.35. The van der Waals surface area contributed by atoms with Gasteiger partial charge in [0.05, 0.1) is 22.4 Å². The molecular weight excluding hydrogens is 459 g/mol. The molecule has 8 heteroatoms. The van der Waals surface area contributed by atoms with E-state index in [0.29, 0.717) is 31.6 Å². The summed E-state index contributed by atoms with van der Waals surface area (Å²) >= 11 is 0. The number of benzene rings is 2. The van der Waals surface area contributed by atoms with Crippen molar-refractivity contribution in [3.8, 4) is 0 Å². The summed E-state index contributed by atoms with van der Waals surface area (Å²) in [7, 11) is 2.02. The predicted octanol–water partition coefficient (Wildman–Crippen LogP) is 4.71. The van der Waals surface area contributed by atoms with Crippen molar-refractivity contribution in [2.45, 2.75) is 24.4 Å². The zero-order valence-electron chi connectivity index (χ0n) is 16.7. The van der Waals surface area contributed by atoms with Crippen LogP contribution in [-0.2, 0) is 16.4 Å². The van der Waals surface area contributed by atoms with Crippen molar-refractivity contribution >= 4 is 34.3 Å². The molecule has 1 saturated carbocycles. The molecule has 1 saturated heterocycles. The Balaban J connectivity index is 0.00000256. The molecule has 1 N–H and O–H groups in total. The Bertz CT molecular complexity index is 892. The summed E-state index contributed by atoms with van der Waals surface area (Å²) in [5.41, 5.74) is 0.385. The van der Waals surface area contributed by atoms with Crippen LogP contribution in [-0.4, -0.2) is 44.0 Å². The molecule has 1 aliphatic heterocycles. The molecule has 0 radical (unpaired) electrons. The highest BCUT2D eigenvalue weighted by Gasteiger charge is 2.51. The first kappa shape index (κ1) is 22.6. The summed E-state index contributed by atoms with van der Waals surface area (Å²) in [6.07, 6.45) is -3.06. The number of hydrogen-bond acceptors (Lipinski definition) is 3. The monoisotopic (exact) mass is 483 g/mol. The van der Waals surface area contributed by atoms with Gasteiger partial charge in [0.1, 0.15) is 0 Å². The molecule has 2 aromatic carbocycles. The molecule has 0 spiro atoms. The Morgan fingerprint density at radius 3 is 2.20 bits per heavy atom. The van der Waals surface area contributed by atoms with E-state index in [-0.39, 0.29) is 28.6 Å². The lowest BCUT2D eigenvalue weighted by atomic mass is 9.95. The lowest BCUT2D eigenvalue weighted by Crippen LogP contribution is -2.44. The van der Waals surface area contributed by atoms with Crippen LogP contribution in [0.25, 0.3) is 0 Å². The number of halogens is 4. The van der Waals surface area contributed by atoms with Crippen molar-refractivity contribution < 1.29 is 18.0 Å². The largest absolute Gasteiger partial charge is 0.416 e. The number of nitrogens with one attached hydrogen (secondary N) is 1. The van der Waals surface area contributed by atoms with Crippen molar-refractivity contribution in [1.29, 1.82) is 0 Å². The number of likely N-dealkylation sites (N-methyl/N-ethyl adjacent to an activating group) is 1. The first-order valence-corrected chi connectivity index (χ1v) is 9.81. The van der Waals surface area contributed by atoms with Crippen LogP contribution < -0.4 is 10.2 Å². The molecule has 1 amide bonds. The van der Waals surface area contributed by atoms with Gasteiger partial charge in [0.25, 0.3) is 0 Å². The van der Waals surface area contributed by atoms with Crippen LogP contribution in [0.1, 0.15) is 24.0 Å². The van der Waals surface area contributed by atoms with Crippen LogP contribution in [0.2, 0.25) is 0 Å². The average molecular weight is 484 g/mol. The molecule has 4 rings (SSSR count).